The molecule has 0 spiro atoms. The van der Waals surface area contributed by atoms with Crippen LogP contribution in [0, 0.1) is 0 Å². The zero-order chi connectivity index (χ0) is 27.2. The fourth-order valence-corrected chi connectivity index (χ4v) is 7.25. The third kappa shape index (κ3) is 4.90. The minimum atomic E-state index is -1.26. The summed E-state index contributed by atoms with van der Waals surface area (Å²) in [5.74, 6) is 1.40. The summed E-state index contributed by atoms with van der Waals surface area (Å²) in [6.07, 6.45) is 4.23. The number of hydrogen-bond donors (Lipinski definition) is 2. The number of amides is 1. The van der Waals surface area contributed by atoms with Crippen molar-refractivity contribution >= 4 is 22.7 Å². The summed E-state index contributed by atoms with van der Waals surface area (Å²) in [5.41, 5.74) is 3.24. The highest BCUT2D eigenvalue weighted by Gasteiger charge is 2.52. The van der Waals surface area contributed by atoms with Crippen LogP contribution in [0.2, 0.25) is 0 Å². The van der Waals surface area contributed by atoms with Crippen LogP contribution in [0.4, 0.5) is 5.82 Å². The van der Waals surface area contributed by atoms with Crippen LogP contribution in [-0.4, -0.2) is 50.3 Å². The van der Waals surface area contributed by atoms with Gasteiger partial charge < -0.3 is 15.2 Å². The Morgan fingerprint density at radius 2 is 1.95 bits per heavy atom. The number of nitrogens with one attached hydrogen (secondary N) is 1. The van der Waals surface area contributed by atoms with E-state index in [2.05, 4.69) is 25.2 Å². The van der Waals surface area contributed by atoms with Gasteiger partial charge in [0.15, 0.2) is 0 Å². The first-order valence-electron chi connectivity index (χ1n) is 13.8. The molecule has 0 bridgehead atoms. The van der Waals surface area contributed by atoms with E-state index in [-0.39, 0.29) is 24.0 Å². The fourth-order valence-electron chi connectivity index (χ4n) is 5.83. The Labute approximate surface area is 232 Å². The van der Waals surface area contributed by atoms with Crippen molar-refractivity contribution in [1.29, 1.82) is 0 Å². The van der Waals surface area contributed by atoms with Crippen LogP contribution in [0.25, 0.3) is 11.3 Å². The van der Waals surface area contributed by atoms with Gasteiger partial charge in [-0.05, 0) is 68.0 Å². The number of ether oxygens (including phenoxy) is 1. The molecule has 3 heterocycles. The van der Waals surface area contributed by atoms with E-state index in [1.807, 2.05) is 58.9 Å². The molecule has 2 aliphatic heterocycles. The molecule has 1 saturated heterocycles. The van der Waals surface area contributed by atoms with E-state index in [9.17, 15) is 14.1 Å². The van der Waals surface area contributed by atoms with Gasteiger partial charge in [0.1, 0.15) is 22.6 Å². The van der Waals surface area contributed by atoms with Crippen molar-refractivity contribution in [1.82, 2.24) is 9.29 Å². The Morgan fingerprint density at radius 3 is 2.69 bits per heavy atom. The number of carbonyl (C=O) groups excluding carboxylic acids is 1. The van der Waals surface area contributed by atoms with Gasteiger partial charge in [0, 0.05) is 35.7 Å². The molecule has 7 nitrogen and oxygen atoms in total. The normalized spacial score (nSPS) is 21.7. The molecular weight excluding hydrogens is 510 g/mol. The molecule has 204 valence electrons. The highest BCUT2D eigenvalue weighted by molar-refractivity contribution is 7.82. The number of rotatable bonds is 8. The zero-order valence-corrected chi connectivity index (χ0v) is 23.3. The predicted octanol–water partition coefficient (Wildman–Crippen LogP) is 4.96. The molecule has 2 aromatic carbocycles. The van der Waals surface area contributed by atoms with Crippen LogP contribution in [0.1, 0.15) is 57.1 Å². The van der Waals surface area contributed by atoms with Gasteiger partial charge in [-0.15, -0.1) is 0 Å². The number of hydrogen-bond acceptors (Lipinski definition) is 5. The number of nitrogens with zero attached hydrogens (tertiary/aromatic N) is 2. The molecule has 8 heteroatoms. The highest BCUT2D eigenvalue weighted by atomic mass is 32.2. The Balaban J connectivity index is 1.17. The van der Waals surface area contributed by atoms with Gasteiger partial charge in [-0.2, -0.15) is 0 Å². The van der Waals surface area contributed by atoms with Gasteiger partial charge in [-0.1, -0.05) is 44.2 Å². The van der Waals surface area contributed by atoms with Crippen LogP contribution in [-0.2, 0) is 26.6 Å². The van der Waals surface area contributed by atoms with Gasteiger partial charge >= 0.3 is 0 Å². The predicted molar refractivity (Wildman–Crippen MR) is 152 cm³/mol. The summed E-state index contributed by atoms with van der Waals surface area (Å²) in [7, 11) is -1.26. The number of aromatic nitrogens is 1. The minimum Gasteiger partial charge on any atom is -0.492 e. The Kier molecular flexibility index (Phi) is 6.81. The summed E-state index contributed by atoms with van der Waals surface area (Å²) in [6, 6.07) is 19.6. The van der Waals surface area contributed by atoms with Crippen LogP contribution >= 0.6 is 0 Å². The van der Waals surface area contributed by atoms with E-state index in [1.165, 1.54) is 0 Å². The second kappa shape index (κ2) is 10.2. The van der Waals surface area contributed by atoms with Gasteiger partial charge in [-0.25, -0.2) is 13.5 Å². The summed E-state index contributed by atoms with van der Waals surface area (Å²) < 4.78 is 21.0. The number of fused-ring (bicyclic) bond motifs is 1. The number of anilines is 1. The maximum absolute atomic E-state index is 13.5. The molecule has 0 radical (unpaired) electrons. The van der Waals surface area contributed by atoms with E-state index in [0.29, 0.717) is 18.8 Å². The lowest BCUT2D eigenvalue weighted by Gasteiger charge is -2.22. The van der Waals surface area contributed by atoms with Gasteiger partial charge in [0.2, 0.25) is 5.91 Å². The first-order valence-corrected chi connectivity index (χ1v) is 14.9. The lowest BCUT2D eigenvalue weighted by atomic mass is 9.83. The molecule has 39 heavy (non-hydrogen) atoms. The molecule has 1 aliphatic carbocycles. The molecule has 2 N–H and O–H groups in total. The smallest absolute Gasteiger partial charge is 0.236 e. The van der Waals surface area contributed by atoms with Crippen molar-refractivity contribution in [3.8, 4) is 17.0 Å². The van der Waals surface area contributed by atoms with E-state index in [1.54, 1.807) is 0 Å². The topological polar surface area (TPSA) is 91.8 Å². The summed E-state index contributed by atoms with van der Waals surface area (Å²) >= 11 is 0. The Bertz CT molecular complexity index is 1420. The number of aliphatic hydroxyl groups excluding tert-OH is 1. The number of pyridine rings is 1. The van der Waals surface area contributed by atoms with Crippen LogP contribution in [0.5, 0.6) is 5.75 Å². The summed E-state index contributed by atoms with van der Waals surface area (Å²) in [6.45, 7) is 5.88. The minimum absolute atomic E-state index is 0.0300. The standard InChI is InChI=1S/C31H35N3O4S/c1-30(2)20-38-27-13-10-22(19-25(27)30)31(15-16-31)29(36)33-28-7-3-6-26(32-28)21-8-11-24(12-9-21)39(37)34-17-4-5-23(34)14-18-35/h3,6-13,19,23,35H,4-5,14-18,20H2,1-2H3,(H,32,33,36)/t23-,39?/m1/s1. The van der Waals surface area contributed by atoms with Crippen molar-refractivity contribution in [3.63, 3.8) is 0 Å². The Morgan fingerprint density at radius 1 is 1.15 bits per heavy atom. The number of benzene rings is 2. The highest BCUT2D eigenvalue weighted by Crippen LogP contribution is 2.51. The quantitative estimate of drug-likeness (QED) is 0.418. The molecule has 1 saturated carbocycles. The van der Waals surface area contributed by atoms with E-state index >= 15 is 0 Å². The molecule has 2 fully saturated rings. The third-order valence-corrected chi connectivity index (χ3v) is 9.96. The van der Waals surface area contributed by atoms with Crippen LogP contribution in [0.3, 0.4) is 0 Å². The lowest BCUT2D eigenvalue weighted by molar-refractivity contribution is -0.118. The van der Waals surface area contributed by atoms with E-state index < -0.39 is 16.4 Å². The lowest BCUT2D eigenvalue weighted by Crippen LogP contribution is -2.32. The van der Waals surface area contributed by atoms with Crippen molar-refractivity contribution in [2.75, 3.05) is 25.1 Å². The molecule has 3 aliphatic rings. The molecule has 2 atom stereocenters. The first-order chi connectivity index (χ1) is 18.8. The second-order valence-electron chi connectivity index (χ2n) is 11.6. The average Bonchev–Trinajstić information content (AvgIpc) is 3.54. The van der Waals surface area contributed by atoms with Crippen molar-refractivity contribution in [3.05, 3.63) is 71.8 Å². The molecular formula is C31H35N3O4S. The molecule has 3 aromatic rings. The van der Waals surface area contributed by atoms with Crippen LogP contribution < -0.4 is 10.1 Å². The molecule has 1 aromatic heterocycles. The average molecular weight is 546 g/mol. The van der Waals surface area contributed by atoms with E-state index in [0.717, 1.165) is 65.3 Å². The number of aliphatic hydroxyl groups is 1. The molecule has 6 rings (SSSR count). The fraction of sp³-hybridized carbons (Fsp3) is 0.419. The maximum Gasteiger partial charge on any atom is 0.236 e. The first kappa shape index (κ1) is 26.2. The van der Waals surface area contributed by atoms with E-state index in [4.69, 9.17) is 9.72 Å². The van der Waals surface area contributed by atoms with Gasteiger partial charge in [-0.3, -0.25) is 4.79 Å². The zero-order valence-electron chi connectivity index (χ0n) is 22.5. The van der Waals surface area contributed by atoms with Gasteiger partial charge in [0.25, 0.3) is 0 Å². The van der Waals surface area contributed by atoms with Crippen molar-refractivity contribution in [2.45, 2.75) is 67.7 Å². The monoisotopic (exact) mass is 545 g/mol. The molecule has 1 amide bonds. The molecule has 1 unspecified atom stereocenters. The third-order valence-electron chi connectivity index (χ3n) is 8.38. The summed E-state index contributed by atoms with van der Waals surface area (Å²) in [4.78, 5) is 19.0. The SMILES string of the molecule is CC1(C)COc2ccc(C3(C(=O)Nc4cccc(-c5ccc(S(=O)N6CCC[C@@H]6CCO)cc5)n4)CC3)cc21. The van der Waals surface area contributed by atoms with Crippen molar-refractivity contribution in [2.24, 2.45) is 0 Å². The van der Waals surface area contributed by atoms with Crippen molar-refractivity contribution < 1.29 is 18.8 Å². The largest absolute Gasteiger partial charge is 0.492 e. The second-order valence-corrected chi connectivity index (χ2v) is 13.0. The number of carbonyl (C=O) groups is 1. The van der Waals surface area contributed by atoms with Crippen LogP contribution in [0.15, 0.2) is 65.6 Å². The summed E-state index contributed by atoms with van der Waals surface area (Å²) in [5, 5.41) is 12.4. The Hall–Kier alpha value is -3.07. The van der Waals surface area contributed by atoms with Gasteiger partial charge in [0.05, 0.1) is 22.6 Å². The maximum atomic E-state index is 13.5.